The topological polar surface area (TPSA) is 37.8 Å². The first-order valence-corrected chi connectivity index (χ1v) is 8.11. The second-order valence-corrected chi connectivity index (χ2v) is 6.60. The lowest BCUT2D eigenvalue weighted by Gasteiger charge is -2.12. The maximum Gasteiger partial charge on any atom is 0.117 e. The van der Waals surface area contributed by atoms with Crippen LogP contribution in [-0.4, -0.2) is 16.5 Å². The summed E-state index contributed by atoms with van der Waals surface area (Å²) in [5.74, 6) is 0. The van der Waals surface area contributed by atoms with E-state index in [1.165, 1.54) is 28.4 Å². The molecule has 0 bridgehead atoms. The molecule has 0 aliphatic heterocycles. The number of thiazole rings is 2. The molecule has 96 valence electrons. The van der Waals surface area contributed by atoms with Gasteiger partial charge in [0.1, 0.15) is 16.1 Å². The number of fused-ring (bicyclic) bond motifs is 1. The molecule has 0 amide bonds. The Bertz CT molecular complexity index is 523. The van der Waals surface area contributed by atoms with E-state index in [0.29, 0.717) is 0 Å². The Hall–Kier alpha value is -0.780. The van der Waals surface area contributed by atoms with E-state index in [1.54, 1.807) is 11.3 Å². The quantitative estimate of drug-likeness (QED) is 0.934. The van der Waals surface area contributed by atoms with Crippen molar-refractivity contribution in [3.8, 4) is 0 Å². The van der Waals surface area contributed by atoms with Gasteiger partial charge in [0.05, 0.1) is 5.69 Å². The number of hydrogen-bond acceptors (Lipinski definition) is 5. The molecule has 1 aliphatic rings. The van der Waals surface area contributed by atoms with E-state index in [2.05, 4.69) is 22.6 Å². The van der Waals surface area contributed by atoms with Crippen LogP contribution in [0.15, 0.2) is 5.38 Å². The van der Waals surface area contributed by atoms with Gasteiger partial charge in [0.2, 0.25) is 0 Å². The minimum Gasteiger partial charge on any atom is -0.303 e. The molecule has 0 radical (unpaired) electrons. The van der Waals surface area contributed by atoms with E-state index < -0.39 is 0 Å². The van der Waals surface area contributed by atoms with Crippen LogP contribution in [0.4, 0.5) is 0 Å². The maximum absolute atomic E-state index is 4.82. The number of aromatic nitrogens is 2. The van der Waals surface area contributed by atoms with E-state index in [4.69, 9.17) is 4.98 Å². The van der Waals surface area contributed by atoms with E-state index >= 15 is 0 Å². The molecule has 0 saturated carbocycles. The van der Waals surface area contributed by atoms with Crippen molar-refractivity contribution >= 4 is 22.7 Å². The molecule has 3 nitrogen and oxygen atoms in total. The monoisotopic (exact) mass is 279 g/mol. The Balaban J connectivity index is 1.93. The van der Waals surface area contributed by atoms with Crippen molar-refractivity contribution in [3.05, 3.63) is 31.7 Å². The third kappa shape index (κ3) is 2.22. The molecule has 5 heteroatoms. The van der Waals surface area contributed by atoms with E-state index in [9.17, 15) is 0 Å². The van der Waals surface area contributed by atoms with Crippen molar-refractivity contribution in [1.29, 1.82) is 0 Å². The molecule has 0 aromatic carbocycles. The standard InChI is InChI=1S/C13H17N3S2/c1-3-14-11(12-15-8(2)7-17-12)13-16-9-5-4-6-10(9)18-13/h7,11,14H,3-6H2,1-2H3. The fraction of sp³-hybridized carbons (Fsp3) is 0.538. The SMILES string of the molecule is CCNC(c1nc(C)cs1)c1nc2c(s1)CCC2. The average Bonchev–Trinajstić information content (AvgIpc) is 3.00. The molecule has 2 aromatic rings. The molecule has 1 N–H and O–H groups in total. The zero-order chi connectivity index (χ0) is 12.5. The van der Waals surface area contributed by atoms with Crippen molar-refractivity contribution in [3.63, 3.8) is 0 Å². The summed E-state index contributed by atoms with van der Waals surface area (Å²) in [6.45, 7) is 5.12. The first kappa shape index (κ1) is 12.3. The van der Waals surface area contributed by atoms with Gasteiger partial charge in [-0.05, 0) is 32.7 Å². The number of hydrogen-bond donors (Lipinski definition) is 1. The third-order valence-electron chi connectivity index (χ3n) is 3.15. The normalized spacial score (nSPS) is 15.9. The largest absolute Gasteiger partial charge is 0.303 e. The highest BCUT2D eigenvalue weighted by molar-refractivity contribution is 7.12. The fourth-order valence-electron chi connectivity index (χ4n) is 2.32. The number of nitrogens with zero attached hydrogens (tertiary/aromatic N) is 2. The number of rotatable bonds is 4. The molecular formula is C13H17N3S2. The Kier molecular flexibility index (Phi) is 3.46. The van der Waals surface area contributed by atoms with E-state index in [-0.39, 0.29) is 6.04 Å². The highest BCUT2D eigenvalue weighted by atomic mass is 32.1. The van der Waals surface area contributed by atoms with Crippen LogP contribution in [0.25, 0.3) is 0 Å². The predicted octanol–water partition coefficient (Wildman–Crippen LogP) is 3.10. The van der Waals surface area contributed by atoms with Gasteiger partial charge in [0.15, 0.2) is 0 Å². The van der Waals surface area contributed by atoms with Gasteiger partial charge < -0.3 is 5.32 Å². The van der Waals surface area contributed by atoms with Gasteiger partial charge in [-0.1, -0.05) is 6.92 Å². The van der Waals surface area contributed by atoms with Crippen LogP contribution >= 0.6 is 22.7 Å². The molecule has 2 aromatic heterocycles. The molecule has 0 saturated heterocycles. The molecule has 1 atom stereocenters. The summed E-state index contributed by atoms with van der Waals surface area (Å²) in [5, 5.41) is 7.96. The average molecular weight is 279 g/mol. The van der Waals surface area contributed by atoms with Crippen molar-refractivity contribution in [2.24, 2.45) is 0 Å². The zero-order valence-corrected chi connectivity index (χ0v) is 12.3. The summed E-state index contributed by atoms with van der Waals surface area (Å²) >= 11 is 3.59. The molecular weight excluding hydrogens is 262 g/mol. The molecule has 0 spiro atoms. The van der Waals surface area contributed by atoms with Gasteiger partial charge in [0, 0.05) is 16.0 Å². The Morgan fingerprint density at radius 2 is 2.22 bits per heavy atom. The van der Waals surface area contributed by atoms with Crippen LogP contribution in [0.5, 0.6) is 0 Å². The lowest BCUT2D eigenvalue weighted by atomic mass is 10.3. The summed E-state index contributed by atoms with van der Waals surface area (Å²) in [6.07, 6.45) is 3.64. The second-order valence-electron chi connectivity index (χ2n) is 4.59. The lowest BCUT2D eigenvalue weighted by molar-refractivity contribution is 0.620. The van der Waals surface area contributed by atoms with Crippen LogP contribution in [0.1, 0.15) is 45.7 Å². The smallest absolute Gasteiger partial charge is 0.117 e. The van der Waals surface area contributed by atoms with Gasteiger partial charge in [-0.3, -0.25) is 0 Å². The first-order chi connectivity index (χ1) is 8.78. The first-order valence-electron chi connectivity index (χ1n) is 6.41. The lowest BCUT2D eigenvalue weighted by Crippen LogP contribution is -2.21. The van der Waals surface area contributed by atoms with Crippen LogP contribution in [0, 0.1) is 6.92 Å². The molecule has 1 aliphatic carbocycles. The summed E-state index contributed by atoms with van der Waals surface area (Å²) in [7, 11) is 0. The highest BCUT2D eigenvalue weighted by Crippen LogP contribution is 2.34. The Labute approximate surface area is 115 Å². The zero-order valence-electron chi connectivity index (χ0n) is 10.7. The molecule has 2 heterocycles. The van der Waals surface area contributed by atoms with Gasteiger partial charge in [-0.2, -0.15) is 0 Å². The summed E-state index contributed by atoms with van der Waals surface area (Å²) in [4.78, 5) is 10.9. The van der Waals surface area contributed by atoms with Gasteiger partial charge in [0.25, 0.3) is 0 Å². The van der Waals surface area contributed by atoms with Crippen molar-refractivity contribution < 1.29 is 0 Å². The number of nitrogens with one attached hydrogen (secondary N) is 1. The summed E-state index contributed by atoms with van der Waals surface area (Å²) < 4.78 is 0. The fourth-order valence-corrected chi connectivity index (χ4v) is 4.50. The van der Waals surface area contributed by atoms with Crippen LogP contribution < -0.4 is 5.32 Å². The summed E-state index contributed by atoms with van der Waals surface area (Å²) in [6, 6.07) is 0.185. The maximum atomic E-state index is 4.82. The van der Waals surface area contributed by atoms with Crippen LogP contribution in [-0.2, 0) is 12.8 Å². The van der Waals surface area contributed by atoms with Crippen LogP contribution in [0.3, 0.4) is 0 Å². The Morgan fingerprint density at radius 3 is 2.89 bits per heavy atom. The predicted molar refractivity (Wildman–Crippen MR) is 76.5 cm³/mol. The van der Waals surface area contributed by atoms with Crippen LogP contribution in [0.2, 0.25) is 0 Å². The van der Waals surface area contributed by atoms with Gasteiger partial charge in [-0.25, -0.2) is 9.97 Å². The van der Waals surface area contributed by atoms with Gasteiger partial charge in [-0.15, -0.1) is 22.7 Å². The van der Waals surface area contributed by atoms with Crippen molar-refractivity contribution in [2.45, 2.75) is 39.2 Å². The van der Waals surface area contributed by atoms with Crippen molar-refractivity contribution in [2.75, 3.05) is 6.54 Å². The van der Waals surface area contributed by atoms with E-state index in [0.717, 1.165) is 23.7 Å². The minimum absolute atomic E-state index is 0.185. The molecule has 0 fully saturated rings. The molecule has 3 rings (SSSR count). The van der Waals surface area contributed by atoms with Crippen molar-refractivity contribution in [1.82, 2.24) is 15.3 Å². The third-order valence-corrected chi connectivity index (χ3v) is 5.40. The molecule has 18 heavy (non-hydrogen) atoms. The minimum atomic E-state index is 0.185. The second kappa shape index (κ2) is 5.07. The Morgan fingerprint density at radius 1 is 1.33 bits per heavy atom. The number of aryl methyl sites for hydroxylation is 3. The van der Waals surface area contributed by atoms with E-state index in [1.807, 2.05) is 18.3 Å². The van der Waals surface area contributed by atoms with Gasteiger partial charge >= 0.3 is 0 Å². The summed E-state index contributed by atoms with van der Waals surface area (Å²) in [5.41, 5.74) is 2.42. The highest BCUT2D eigenvalue weighted by Gasteiger charge is 2.24. The molecule has 1 unspecified atom stereocenters.